The molecule has 90 valence electrons. The quantitative estimate of drug-likeness (QED) is 0.536. The van der Waals surface area contributed by atoms with Crippen molar-refractivity contribution in [1.82, 2.24) is 9.97 Å². The van der Waals surface area contributed by atoms with Crippen molar-refractivity contribution in [3.05, 3.63) is 11.2 Å². The molecule has 0 bridgehead atoms. The fraction of sp³-hybridized carbons (Fsp3) is 0.556. The normalized spacial score (nSPS) is 12.2. The molecule has 1 atom stereocenters. The van der Waals surface area contributed by atoms with Crippen LogP contribution in [-0.2, 0) is 0 Å². The Hall–Kier alpha value is -0.720. The van der Waals surface area contributed by atoms with Crippen LogP contribution >= 0.6 is 23.4 Å². The van der Waals surface area contributed by atoms with Crippen LogP contribution in [0.25, 0.3) is 0 Å². The number of nitrogens with two attached hydrogens (primary N) is 1. The van der Waals surface area contributed by atoms with Crippen LogP contribution < -0.4 is 16.6 Å². The van der Waals surface area contributed by atoms with E-state index in [1.807, 2.05) is 11.8 Å². The van der Waals surface area contributed by atoms with E-state index < -0.39 is 0 Å². The van der Waals surface area contributed by atoms with E-state index in [9.17, 15) is 0 Å². The average Bonchev–Trinajstić information content (AvgIpc) is 2.28. The summed E-state index contributed by atoms with van der Waals surface area (Å²) in [5.41, 5.74) is 2.38. The fourth-order valence-corrected chi connectivity index (χ4v) is 2.02. The average molecular weight is 262 g/mol. The van der Waals surface area contributed by atoms with Gasteiger partial charge >= 0.3 is 0 Å². The number of hydrazine groups is 1. The summed E-state index contributed by atoms with van der Waals surface area (Å²) in [7, 11) is 0. The minimum absolute atomic E-state index is 0.351. The Labute approximate surface area is 105 Å². The minimum atomic E-state index is 0.351. The maximum absolute atomic E-state index is 5.95. The van der Waals surface area contributed by atoms with Crippen molar-refractivity contribution in [3.63, 3.8) is 0 Å². The Morgan fingerprint density at radius 2 is 2.38 bits per heavy atom. The molecule has 5 nitrogen and oxygen atoms in total. The van der Waals surface area contributed by atoms with E-state index >= 15 is 0 Å². The number of anilines is 2. The molecule has 1 heterocycles. The van der Waals surface area contributed by atoms with Crippen LogP contribution in [0.4, 0.5) is 11.8 Å². The molecule has 0 amide bonds. The minimum Gasteiger partial charge on any atom is -0.368 e. The van der Waals surface area contributed by atoms with Gasteiger partial charge in [0, 0.05) is 6.54 Å². The summed E-state index contributed by atoms with van der Waals surface area (Å²) in [6.45, 7) is 2.99. The SMILES string of the molecule is CSCC(C)CNc1nc(NN)ncc1Cl. The monoisotopic (exact) mass is 261 g/mol. The largest absolute Gasteiger partial charge is 0.368 e. The van der Waals surface area contributed by atoms with E-state index in [-0.39, 0.29) is 0 Å². The smallest absolute Gasteiger partial charge is 0.239 e. The van der Waals surface area contributed by atoms with Crippen LogP contribution in [0.1, 0.15) is 6.92 Å². The first-order valence-electron chi connectivity index (χ1n) is 4.89. The van der Waals surface area contributed by atoms with Crippen LogP contribution in [0.2, 0.25) is 5.02 Å². The highest BCUT2D eigenvalue weighted by Crippen LogP contribution is 2.19. The summed E-state index contributed by atoms with van der Waals surface area (Å²) < 4.78 is 0. The lowest BCUT2D eigenvalue weighted by molar-refractivity contribution is 0.699. The summed E-state index contributed by atoms with van der Waals surface area (Å²) in [6, 6.07) is 0. The summed E-state index contributed by atoms with van der Waals surface area (Å²) >= 11 is 7.77. The fourth-order valence-electron chi connectivity index (χ4n) is 1.17. The van der Waals surface area contributed by atoms with Gasteiger partial charge in [-0.25, -0.2) is 10.8 Å². The van der Waals surface area contributed by atoms with Crippen LogP contribution in [0, 0.1) is 5.92 Å². The second-order valence-electron chi connectivity index (χ2n) is 3.48. The highest BCUT2D eigenvalue weighted by atomic mass is 35.5. The molecule has 0 aliphatic carbocycles. The number of rotatable bonds is 6. The molecule has 0 radical (unpaired) electrons. The number of nitrogen functional groups attached to an aromatic ring is 1. The summed E-state index contributed by atoms with van der Waals surface area (Å²) in [5.74, 6) is 7.83. The van der Waals surface area contributed by atoms with E-state index in [1.165, 1.54) is 6.20 Å². The topological polar surface area (TPSA) is 75.9 Å². The predicted molar refractivity (Wildman–Crippen MR) is 70.9 cm³/mol. The third kappa shape index (κ3) is 4.03. The first-order valence-corrected chi connectivity index (χ1v) is 6.66. The molecule has 0 spiro atoms. The molecule has 4 N–H and O–H groups in total. The van der Waals surface area contributed by atoms with Crippen LogP contribution in [-0.4, -0.2) is 28.5 Å². The van der Waals surface area contributed by atoms with E-state index in [1.54, 1.807) is 0 Å². The molecule has 0 aliphatic heterocycles. The van der Waals surface area contributed by atoms with Crippen molar-refractivity contribution in [1.29, 1.82) is 0 Å². The van der Waals surface area contributed by atoms with Crippen molar-refractivity contribution < 1.29 is 0 Å². The van der Waals surface area contributed by atoms with Gasteiger partial charge < -0.3 is 5.32 Å². The van der Waals surface area contributed by atoms with Gasteiger partial charge in [-0.3, -0.25) is 5.43 Å². The predicted octanol–water partition coefficient (Wildman–Crippen LogP) is 1.83. The summed E-state index contributed by atoms with van der Waals surface area (Å²) in [4.78, 5) is 8.02. The maximum Gasteiger partial charge on any atom is 0.239 e. The number of halogens is 1. The van der Waals surface area contributed by atoms with Gasteiger partial charge in [-0.2, -0.15) is 16.7 Å². The van der Waals surface area contributed by atoms with Crippen molar-refractivity contribution in [2.24, 2.45) is 11.8 Å². The number of thioether (sulfide) groups is 1. The molecule has 0 saturated carbocycles. The molecular formula is C9H16ClN5S. The highest BCUT2D eigenvalue weighted by molar-refractivity contribution is 7.98. The van der Waals surface area contributed by atoms with E-state index in [4.69, 9.17) is 17.4 Å². The molecule has 0 fully saturated rings. The second-order valence-corrected chi connectivity index (χ2v) is 4.79. The van der Waals surface area contributed by atoms with Crippen molar-refractivity contribution in [2.45, 2.75) is 6.92 Å². The number of hydrogen-bond acceptors (Lipinski definition) is 6. The van der Waals surface area contributed by atoms with E-state index in [0.717, 1.165) is 12.3 Å². The summed E-state index contributed by atoms with van der Waals surface area (Å²) in [5, 5.41) is 3.68. The number of hydrogen-bond donors (Lipinski definition) is 3. The third-order valence-electron chi connectivity index (χ3n) is 1.94. The van der Waals surface area contributed by atoms with Gasteiger partial charge in [0.15, 0.2) is 5.82 Å². The standard InChI is InChI=1S/C9H16ClN5S/c1-6(5-16-2)3-12-8-7(10)4-13-9(14-8)15-11/h4,6H,3,5,11H2,1-2H3,(H2,12,13,14,15). The van der Waals surface area contributed by atoms with Gasteiger partial charge in [0.1, 0.15) is 5.02 Å². The Morgan fingerprint density at radius 1 is 1.62 bits per heavy atom. The van der Waals surface area contributed by atoms with Crippen LogP contribution in [0.5, 0.6) is 0 Å². The lowest BCUT2D eigenvalue weighted by Crippen LogP contribution is -2.16. The van der Waals surface area contributed by atoms with Gasteiger partial charge in [-0.15, -0.1) is 0 Å². The highest BCUT2D eigenvalue weighted by Gasteiger charge is 2.06. The second kappa shape index (κ2) is 6.78. The lowest BCUT2D eigenvalue weighted by atomic mass is 10.2. The Balaban J connectivity index is 2.58. The van der Waals surface area contributed by atoms with Crippen LogP contribution in [0.3, 0.4) is 0 Å². The summed E-state index contributed by atoms with van der Waals surface area (Å²) in [6.07, 6.45) is 3.61. The lowest BCUT2D eigenvalue weighted by Gasteiger charge is -2.12. The zero-order valence-electron chi connectivity index (χ0n) is 9.33. The molecule has 0 aliphatic rings. The third-order valence-corrected chi connectivity index (χ3v) is 3.12. The molecule has 1 unspecified atom stereocenters. The maximum atomic E-state index is 5.95. The Kier molecular flexibility index (Phi) is 5.65. The van der Waals surface area contributed by atoms with Crippen molar-refractivity contribution in [3.8, 4) is 0 Å². The van der Waals surface area contributed by atoms with Crippen molar-refractivity contribution in [2.75, 3.05) is 29.3 Å². The molecule has 1 rings (SSSR count). The zero-order valence-corrected chi connectivity index (χ0v) is 10.9. The Bertz CT molecular complexity index is 336. The van der Waals surface area contributed by atoms with Crippen molar-refractivity contribution >= 4 is 35.1 Å². The first kappa shape index (κ1) is 13.3. The van der Waals surface area contributed by atoms with Gasteiger partial charge in [-0.05, 0) is 17.9 Å². The van der Waals surface area contributed by atoms with Gasteiger partial charge in [0.05, 0.1) is 6.20 Å². The number of nitrogens with zero attached hydrogens (tertiary/aromatic N) is 2. The van der Waals surface area contributed by atoms with E-state index in [0.29, 0.717) is 22.7 Å². The number of nitrogens with one attached hydrogen (secondary N) is 2. The van der Waals surface area contributed by atoms with E-state index in [2.05, 4.69) is 33.9 Å². The van der Waals surface area contributed by atoms with Gasteiger partial charge in [0.25, 0.3) is 0 Å². The molecule has 1 aromatic heterocycles. The molecule has 0 aromatic carbocycles. The molecule has 0 saturated heterocycles. The molecule has 16 heavy (non-hydrogen) atoms. The first-order chi connectivity index (χ1) is 7.67. The van der Waals surface area contributed by atoms with Gasteiger partial charge in [0.2, 0.25) is 5.95 Å². The van der Waals surface area contributed by atoms with Gasteiger partial charge in [-0.1, -0.05) is 18.5 Å². The van der Waals surface area contributed by atoms with Crippen LogP contribution in [0.15, 0.2) is 6.20 Å². The number of aromatic nitrogens is 2. The Morgan fingerprint density at radius 3 is 3.00 bits per heavy atom. The zero-order chi connectivity index (χ0) is 12.0. The molecule has 1 aromatic rings. The molecular weight excluding hydrogens is 246 g/mol. The molecule has 7 heteroatoms.